The maximum absolute atomic E-state index is 12.7. The van der Waals surface area contributed by atoms with Gasteiger partial charge in [-0.2, -0.15) is 8.78 Å². The fraction of sp³-hybridized carbons (Fsp3) is 0.562. The van der Waals surface area contributed by atoms with Crippen LogP contribution in [0.15, 0.2) is 24.3 Å². The Bertz CT molecular complexity index is 531. The van der Waals surface area contributed by atoms with E-state index in [-0.39, 0.29) is 42.6 Å². The number of amides is 1. The van der Waals surface area contributed by atoms with Crippen LogP contribution in [0.3, 0.4) is 0 Å². The second-order valence-electron chi connectivity index (χ2n) is 5.84. The Hall–Kier alpha value is -1.40. The van der Waals surface area contributed by atoms with Crippen molar-refractivity contribution in [2.24, 2.45) is 0 Å². The van der Waals surface area contributed by atoms with E-state index in [0.717, 1.165) is 32.4 Å². The summed E-state index contributed by atoms with van der Waals surface area (Å²) in [6.45, 7) is -1.14. The first-order chi connectivity index (χ1) is 10.6. The molecule has 2 aliphatic heterocycles. The summed E-state index contributed by atoms with van der Waals surface area (Å²) in [6.07, 6.45) is 3.11. The van der Waals surface area contributed by atoms with Crippen molar-refractivity contribution in [2.45, 2.75) is 44.4 Å². The minimum Gasteiger partial charge on any atom is -0.435 e. The number of halogens is 3. The van der Waals surface area contributed by atoms with Crippen LogP contribution in [0.25, 0.3) is 0 Å². The number of fused-ring (bicyclic) bond motifs is 2. The third-order valence-corrected chi connectivity index (χ3v) is 4.47. The lowest BCUT2D eigenvalue weighted by molar-refractivity contribution is -0.133. The number of hydrogen-bond acceptors (Lipinski definition) is 3. The second-order valence-corrected chi connectivity index (χ2v) is 5.84. The third-order valence-electron chi connectivity index (χ3n) is 4.47. The van der Waals surface area contributed by atoms with Gasteiger partial charge in [0.25, 0.3) is 0 Å². The number of alkyl halides is 2. The molecule has 7 heteroatoms. The van der Waals surface area contributed by atoms with Crippen LogP contribution in [0.2, 0.25) is 0 Å². The highest BCUT2D eigenvalue weighted by Gasteiger charge is 2.37. The molecule has 1 N–H and O–H groups in total. The van der Waals surface area contributed by atoms with Gasteiger partial charge < -0.3 is 15.0 Å². The Morgan fingerprint density at radius 2 is 2.00 bits per heavy atom. The third kappa shape index (κ3) is 4.12. The first kappa shape index (κ1) is 17.9. The lowest BCUT2D eigenvalue weighted by Crippen LogP contribution is -2.43. The highest BCUT2D eigenvalue weighted by atomic mass is 35.5. The van der Waals surface area contributed by atoms with Gasteiger partial charge in [0.2, 0.25) is 5.91 Å². The number of hydrogen-bond donors (Lipinski definition) is 1. The Balaban J connectivity index is 0.00000192. The summed E-state index contributed by atoms with van der Waals surface area (Å²) in [4.78, 5) is 14.6. The highest BCUT2D eigenvalue weighted by molar-refractivity contribution is 5.85. The van der Waals surface area contributed by atoms with Crippen molar-refractivity contribution < 1.29 is 18.3 Å². The normalized spacial score (nSPS) is 23.3. The molecule has 0 radical (unpaired) electrons. The summed E-state index contributed by atoms with van der Waals surface area (Å²) in [5.41, 5.74) is 0.518. The Kier molecular flexibility index (Phi) is 6.18. The molecule has 23 heavy (non-hydrogen) atoms. The summed E-state index contributed by atoms with van der Waals surface area (Å²) in [6, 6.07) is 7.02. The zero-order valence-corrected chi connectivity index (χ0v) is 13.5. The van der Waals surface area contributed by atoms with Crippen LogP contribution < -0.4 is 10.1 Å². The van der Waals surface area contributed by atoms with E-state index in [1.165, 1.54) is 6.07 Å². The summed E-state index contributed by atoms with van der Waals surface area (Å²) in [7, 11) is 0. The van der Waals surface area contributed by atoms with E-state index in [0.29, 0.717) is 5.56 Å². The molecule has 2 unspecified atom stereocenters. The van der Waals surface area contributed by atoms with Gasteiger partial charge in [-0.05, 0) is 31.9 Å². The van der Waals surface area contributed by atoms with Gasteiger partial charge in [0.05, 0.1) is 6.42 Å². The van der Waals surface area contributed by atoms with E-state index in [2.05, 4.69) is 10.1 Å². The molecule has 2 atom stereocenters. The van der Waals surface area contributed by atoms with Crippen LogP contribution in [0, 0.1) is 0 Å². The molecule has 1 amide bonds. The quantitative estimate of drug-likeness (QED) is 0.911. The molecule has 0 aliphatic carbocycles. The van der Waals surface area contributed by atoms with Gasteiger partial charge >= 0.3 is 6.61 Å². The molecule has 3 rings (SSSR count). The molecule has 2 aliphatic rings. The molecule has 2 heterocycles. The van der Waals surface area contributed by atoms with E-state index in [4.69, 9.17) is 0 Å². The van der Waals surface area contributed by atoms with Crippen LogP contribution in [-0.4, -0.2) is 42.6 Å². The number of carbonyl (C=O) groups is 1. The minimum absolute atomic E-state index is 0. The number of rotatable bonds is 4. The molecule has 0 aromatic heterocycles. The molecule has 128 valence electrons. The number of nitrogens with one attached hydrogen (secondary N) is 1. The highest BCUT2D eigenvalue weighted by Crippen LogP contribution is 2.30. The Morgan fingerprint density at radius 1 is 1.26 bits per heavy atom. The van der Waals surface area contributed by atoms with Gasteiger partial charge in [0.1, 0.15) is 5.75 Å². The van der Waals surface area contributed by atoms with Crippen molar-refractivity contribution in [3.8, 4) is 5.75 Å². The van der Waals surface area contributed by atoms with Crippen molar-refractivity contribution in [2.75, 3.05) is 13.1 Å². The van der Waals surface area contributed by atoms with E-state index >= 15 is 0 Å². The number of benzene rings is 1. The fourth-order valence-corrected chi connectivity index (χ4v) is 3.50. The molecule has 0 saturated carbocycles. The molecule has 1 aromatic rings. The van der Waals surface area contributed by atoms with Gasteiger partial charge in [-0.3, -0.25) is 4.79 Å². The molecule has 4 nitrogen and oxygen atoms in total. The molecule has 0 spiro atoms. The van der Waals surface area contributed by atoms with Crippen molar-refractivity contribution in [3.05, 3.63) is 29.8 Å². The van der Waals surface area contributed by atoms with Crippen LogP contribution in [-0.2, 0) is 11.2 Å². The van der Waals surface area contributed by atoms with E-state index in [1.807, 2.05) is 4.90 Å². The predicted octanol–water partition coefficient (Wildman–Crippen LogP) is 2.61. The first-order valence-electron chi connectivity index (χ1n) is 7.69. The maximum atomic E-state index is 12.7. The van der Waals surface area contributed by atoms with Gasteiger partial charge in [0, 0.05) is 24.2 Å². The van der Waals surface area contributed by atoms with Crippen molar-refractivity contribution >= 4 is 18.3 Å². The Morgan fingerprint density at radius 3 is 2.78 bits per heavy atom. The SMILES string of the molecule is Cl.O=C(Cc1ccccc1OC(F)F)N1C2CCNCC1CC2. The molecular weight excluding hydrogens is 326 g/mol. The van der Waals surface area contributed by atoms with Crippen molar-refractivity contribution in [1.82, 2.24) is 10.2 Å². The monoisotopic (exact) mass is 346 g/mol. The van der Waals surface area contributed by atoms with Crippen LogP contribution in [0.1, 0.15) is 24.8 Å². The Labute approximate surface area is 140 Å². The minimum atomic E-state index is -2.88. The zero-order valence-electron chi connectivity index (χ0n) is 12.7. The number of ether oxygens (including phenoxy) is 1. The topological polar surface area (TPSA) is 41.6 Å². The molecule has 1 aromatic carbocycles. The zero-order chi connectivity index (χ0) is 15.5. The van der Waals surface area contributed by atoms with E-state index in [9.17, 15) is 13.6 Å². The molecule has 2 fully saturated rings. The average Bonchev–Trinajstić information content (AvgIpc) is 2.74. The van der Waals surface area contributed by atoms with Gasteiger partial charge in [-0.1, -0.05) is 18.2 Å². The van der Waals surface area contributed by atoms with E-state index < -0.39 is 6.61 Å². The summed E-state index contributed by atoms with van der Waals surface area (Å²) in [5.74, 6) is 0.0904. The number of nitrogens with zero attached hydrogens (tertiary/aromatic N) is 1. The van der Waals surface area contributed by atoms with Crippen molar-refractivity contribution in [3.63, 3.8) is 0 Å². The van der Waals surface area contributed by atoms with Crippen molar-refractivity contribution in [1.29, 1.82) is 0 Å². The van der Waals surface area contributed by atoms with Crippen LogP contribution >= 0.6 is 12.4 Å². The second kappa shape index (κ2) is 7.93. The fourth-order valence-electron chi connectivity index (χ4n) is 3.50. The molecular formula is C16H21ClF2N2O2. The largest absolute Gasteiger partial charge is 0.435 e. The summed E-state index contributed by atoms with van der Waals surface area (Å²) < 4.78 is 29.4. The van der Waals surface area contributed by atoms with Gasteiger partial charge in [0.15, 0.2) is 0 Å². The van der Waals surface area contributed by atoms with Crippen LogP contribution in [0.4, 0.5) is 8.78 Å². The smallest absolute Gasteiger partial charge is 0.387 e. The number of carbonyl (C=O) groups excluding carboxylic acids is 1. The van der Waals surface area contributed by atoms with Gasteiger partial charge in [-0.15, -0.1) is 12.4 Å². The molecule has 2 saturated heterocycles. The predicted molar refractivity (Wildman–Crippen MR) is 85.2 cm³/mol. The lowest BCUT2D eigenvalue weighted by Gasteiger charge is -2.28. The maximum Gasteiger partial charge on any atom is 0.387 e. The summed E-state index contributed by atoms with van der Waals surface area (Å²) >= 11 is 0. The lowest BCUT2D eigenvalue weighted by atomic mass is 10.1. The van der Waals surface area contributed by atoms with Crippen LogP contribution in [0.5, 0.6) is 5.75 Å². The van der Waals surface area contributed by atoms with Gasteiger partial charge in [-0.25, -0.2) is 0 Å². The molecule has 2 bridgehead atoms. The summed E-state index contributed by atoms with van der Waals surface area (Å²) in [5, 5.41) is 3.35. The number of para-hydroxylation sites is 1. The van der Waals surface area contributed by atoms with E-state index in [1.54, 1.807) is 18.2 Å². The average molecular weight is 347 g/mol. The first-order valence-corrected chi connectivity index (χ1v) is 7.69. The standard InChI is InChI=1S/C16H20F2N2O2.ClH/c17-16(18)22-14-4-2-1-3-11(14)9-15(21)20-12-5-6-13(20)10-19-8-7-12;/h1-4,12-13,16,19H,5-10H2;1H.